The molecule has 1 aromatic carbocycles. The molecule has 0 aromatic heterocycles. The number of ether oxygens (including phenoxy) is 1. The van der Waals surface area contributed by atoms with Gasteiger partial charge in [0.1, 0.15) is 5.75 Å². The van der Waals surface area contributed by atoms with Crippen molar-refractivity contribution in [1.82, 2.24) is 0 Å². The maximum Gasteiger partial charge on any atom is 0.124 e. The van der Waals surface area contributed by atoms with Gasteiger partial charge in [-0.05, 0) is 39.2 Å². The van der Waals surface area contributed by atoms with E-state index in [2.05, 4.69) is 6.07 Å². The molecule has 1 atom stereocenters. The van der Waals surface area contributed by atoms with E-state index in [1.165, 1.54) is 5.56 Å². The molecule has 17 heavy (non-hydrogen) atoms. The van der Waals surface area contributed by atoms with Gasteiger partial charge in [-0.3, -0.25) is 4.39 Å². The van der Waals surface area contributed by atoms with E-state index in [1.807, 2.05) is 26.0 Å². The van der Waals surface area contributed by atoms with E-state index in [9.17, 15) is 4.39 Å². The summed E-state index contributed by atoms with van der Waals surface area (Å²) in [5.74, 6) is 0.853. The van der Waals surface area contributed by atoms with Gasteiger partial charge in [-0.2, -0.15) is 0 Å². The van der Waals surface area contributed by atoms with Crippen LogP contribution in [-0.2, 0) is 0 Å². The van der Waals surface area contributed by atoms with Crippen molar-refractivity contribution in [2.45, 2.75) is 39.2 Å². The monoisotopic (exact) mass is 239 g/mol. The van der Waals surface area contributed by atoms with Crippen LogP contribution in [0.1, 0.15) is 43.4 Å². The number of halogens is 1. The summed E-state index contributed by atoms with van der Waals surface area (Å²) in [5, 5.41) is 0. The fourth-order valence-electron chi connectivity index (χ4n) is 1.71. The maximum absolute atomic E-state index is 11.9. The fraction of sp³-hybridized carbons (Fsp3) is 0.571. The largest absolute Gasteiger partial charge is 0.493 e. The van der Waals surface area contributed by atoms with Crippen LogP contribution in [-0.4, -0.2) is 13.3 Å². The van der Waals surface area contributed by atoms with E-state index in [0.717, 1.165) is 24.2 Å². The van der Waals surface area contributed by atoms with Crippen LogP contribution in [0.4, 0.5) is 4.39 Å². The number of unbranched alkanes of at least 4 members (excludes halogenated alkanes) is 2. The van der Waals surface area contributed by atoms with Crippen LogP contribution in [0.3, 0.4) is 0 Å². The number of nitrogens with two attached hydrogens (primary N) is 1. The third kappa shape index (κ3) is 4.73. The molecule has 0 bridgehead atoms. The molecule has 3 heteroatoms. The molecule has 2 N–H and O–H groups in total. The predicted octanol–water partition coefficient (Wildman–Crippen LogP) is 3.53. The van der Waals surface area contributed by atoms with Gasteiger partial charge >= 0.3 is 0 Å². The molecule has 0 fully saturated rings. The van der Waals surface area contributed by atoms with E-state index < -0.39 is 0 Å². The quantitative estimate of drug-likeness (QED) is 0.739. The fourth-order valence-corrected chi connectivity index (χ4v) is 1.71. The Labute approximate surface area is 103 Å². The topological polar surface area (TPSA) is 35.2 Å². The lowest BCUT2D eigenvalue weighted by Gasteiger charge is -2.14. The third-order valence-electron chi connectivity index (χ3n) is 2.69. The number of aryl methyl sites for hydroxylation is 1. The van der Waals surface area contributed by atoms with Crippen molar-refractivity contribution in [1.29, 1.82) is 0 Å². The normalized spacial score (nSPS) is 12.5. The molecule has 0 radical (unpaired) electrons. The standard InChI is InChI=1S/C14H22FNO/c1-11-6-7-14(13(10-11)12(2)16)17-9-5-3-4-8-15/h6-7,10,12H,3-5,8-9,16H2,1-2H3/t12-/m1/s1. The Balaban J connectivity index is 2.52. The van der Waals surface area contributed by atoms with Gasteiger partial charge in [0.25, 0.3) is 0 Å². The number of hydrogen-bond donors (Lipinski definition) is 1. The summed E-state index contributed by atoms with van der Waals surface area (Å²) in [4.78, 5) is 0. The second-order valence-corrected chi connectivity index (χ2v) is 4.43. The van der Waals surface area contributed by atoms with Gasteiger partial charge in [-0.15, -0.1) is 0 Å². The van der Waals surface area contributed by atoms with Gasteiger partial charge in [0.2, 0.25) is 0 Å². The third-order valence-corrected chi connectivity index (χ3v) is 2.69. The number of rotatable bonds is 7. The molecule has 0 spiro atoms. The highest BCUT2D eigenvalue weighted by Gasteiger charge is 2.08. The average molecular weight is 239 g/mol. The van der Waals surface area contributed by atoms with Crippen molar-refractivity contribution in [3.05, 3.63) is 29.3 Å². The van der Waals surface area contributed by atoms with Gasteiger partial charge in [0.15, 0.2) is 0 Å². The average Bonchev–Trinajstić information content (AvgIpc) is 2.30. The molecule has 0 saturated carbocycles. The summed E-state index contributed by atoms with van der Waals surface area (Å²) in [6, 6.07) is 6.00. The van der Waals surface area contributed by atoms with Crippen LogP contribution in [0.25, 0.3) is 0 Å². The number of alkyl halides is 1. The Morgan fingerprint density at radius 2 is 2.06 bits per heavy atom. The Kier molecular flexibility index (Phi) is 5.98. The van der Waals surface area contributed by atoms with E-state index in [4.69, 9.17) is 10.5 Å². The minimum Gasteiger partial charge on any atom is -0.493 e. The molecule has 0 saturated heterocycles. The van der Waals surface area contributed by atoms with Crippen molar-refractivity contribution in [3.8, 4) is 5.75 Å². The molecule has 1 rings (SSSR count). The zero-order valence-corrected chi connectivity index (χ0v) is 10.7. The van der Waals surface area contributed by atoms with Crippen molar-refractivity contribution in [3.63, 3.8) is 0 Å². The number of hydrogen-bond acceptors (Lipinski definition) is 2. The molecule has 96 valence electrons. The molecule has 0 aliphatic rings. The van der Waals surface area contributed by atoms with Crippen LogP contribution in [0.15, 0.2) is 18.2 Å². The maximum atomic E-state index is 11.9. The molecule has 0 amide bonds. The van der Waals surface area contributed by atoms with Crippen molar-refractivity contribution in [2.75, 3.05) is 13.3 Å². The van der Waals surface area contributed by atoms with Gasteiger partial charge in [-0.25, -0.2) is 0 Å². The van der Waals surface area contributed by atoms with Crippen LogP contribution >= 0.6 is 0 Å². The second kappa shape index (κ2) is 7.28. The smallest absolute Gasteiger partial charge is 0.124 e. The zero-order valence-electron chi connectivity index (χ0n) is 10.7. The molecule has 2 nitrogen and oxygen atoms in total. The zero-order chi connectivity index (χ0) is 12.7. The highest BCUT2D eigenvalue weighted by Crippen LogP contribution is 2.25. The molecule has 0 aliphatic carbocycles. The van der Waals surface area contributed by atoms with Crippen molar-refractivity contribution in [2.24, 2.45) is 5.73 Å². The first-order chi connectivity index (χ1) is 8.15. The lowest BCUT2D eigenvalue weighted by Crippen LogP contribution is -2.09. The molecular weight excluding hydrogens is 217 g/mol. The molecular formula is C14H22FNO. The molecule has 0 unspecified atom stereocenters. The second-order valence-electron chi connectivity index (χ2n) is 4.43. The summed E-state index contributed by atoms with van der Waals surface area (Å²) in [5.41, 5.74) is 8.13. The lowest BCUT2D eigenvalue weighted by atomic mass is 10.1. The Hall–Kier alpha value is -1.09. The van der Waals surface area contributed by atoms with Crippen LogP contribution in [0.5, 0.6) is 5.75 Å². The lowest BCUT2D eigenvalue weighted by molar-refractivity contribution is 0.297. The van der Waals surface area contributed by atoms with Gasteiger partial charge in [0.05, 0.1) is 13.3 Å². The van der Waals surface area contributed by atoms with Gasteiger partial charge in [-0.1, -0.05) is 17.7 Å². The summed E-state index contributed by atoms with van der Waals surface area (Å²) in [6.45, 7) is 4.38. The Morgan fingerprint density at radius 3 is 2.71 bits per heavy atom. The molecule has 0 heterocycles. The number of benzene rings is 1. The first kappa shape index (κ1) is 14.0. The molecule has 0 aliphatic heterocycles. The minimum atomic E-state index is -0.240. The summed E-state index contributed by atoms with van der Waals surface area (Å²) < 4.78 is 17.6. The van der Waals surface area contributed by atoms with Crippen LogP contribution < -0.4 is 10.5 Å². The van der Waals surface area contributed by atoms with Crippen molar-refractivity contribution >= 4 is 0 Å². The van der Waals surface area contributed by atoms with Gasteiger partial charge in [0, 0.05) is 11.6 Å². The van der Waals surface area contributed by atoms with E-state index >= 15 is 0 Å². The SMILES string of the molecule is Cc1ccc(OCCCCCF)c([C@@H](C)N)c1. The van der Waals surface area contributed by atoms with E-state index in [1.54, 1.807) is 0 Å². The summed E-state index contributed by atoms with van der Waals surface area (Å²) in [7, 11) is 0. The van der Waals surface area contributed by atoms with E-state index in [0.29, 0.717) is 13.0 Å². The Morgan fingerprint density at radius 1 is 1.29 bits per heavy atom. The molecule has 1 aromatic rings. The van der Waals surface area contributed by atoms with Crippen molar-refractivity contribution < 1.29 is 9.13 Å². The first-order valence-corrected chi connectivity index (χ1v) is 6.20. The van der Waals surface area contributed by atoms with Gasteiger partial charge < -0.3 is 10.5 Å². The minimum absolute atomic E-state index is 0.0317. The van der Waals surface area contributed by atoms with Crippen LogP contribution in [0, 0.1) is 6.92 Å². The highest BCUT2D eigenvalue weighted by molar-refractivity contribution is 5.38. The highest BCUT2D eigenvalue weighted by atomic mass is 19.1. The Bertz CT molecular complexity index is 339. The summed E-state index contributed by atoms with van der Waals surface area (Å²) >= 11 is 0. The first-order valence-electron chi connectivity index (χ1n) is 6.20. The summed E-state index contributed by atoms with van der Waals surface area (Å²) in [6.07, 6.45) is 2.38. The predicted molar refractivity (Wildman–Crippen MR) is 69.1 cm³/mol. The van der Waals surface area contributed by atoms with E-state index in [-0.39, 0.29) is 12.7 Å². The van der Waals surface area contributed by atoms with Crippen LogP contribution in [0.2, 0.25) is 0 Å².